The molecule has 1 heterocycles. The molecule has 0 radical (unpaired) electrons. The largest absolute Gasteiger partial charge is 0.342 e. The Morgan fingerprint density at radius 3 is 2.59 bits per heavy atom. The molecule has 1 spiro atoms. The zero-order chi connectivity index (χ0) is 12.5. The summed E-state index contributed by atoms with van der Waals surface area (Å²) < 4.78 is 25.7. The molecule has 17 heavy (non-hydrogen) atoms. The fraction of sp³-hybridized carbons (Fsp3) is 0.917. The van der Waals surface area contributed by atoms with Gasteiger partial charge < -0.3 is 4.90 Å². The molecule has 2 nitrogen and oxygen atoms in total. The molecular weight excluding hydrogens is 248 g/mol. The van der Waals surface area contributed by atoms with Gasteiger partial charge in [0.1, 0.15) is 0 Å². The van der Waals surface area contributed by atoms with E-state index in [4.69, 9.17) is 11.6 Å². The van der Waals surface area contributed by atoms with Crippen molar-refractivity contribution >= 4 is 17.5 Å². The van der Waals surface area contributed by atoms with Crippen LogP contribution in [0.4, 0.5) is 8.78 Å². The van der Waals surface area contributed by atoms with Crippen molar-refractivity contribution in [3.8, 4) is 0 Å². The Morgan fingerprint density at radius 2 is 2.12 bits per heavy atom. The van der Waals surface area contributed by atoms with Crippen LogP contribution in [0.1, 0.15) is 32.1 Å². The van der Waals surface area contributed by atoms with E-state index in [-0.39, 0.29) is 17.9 Å². The smallest absolute Gasteiger partial charge is 0.243 e. The molecule has 2 aliphatic rings. The third kappa shape index (κ3) is 2.72. The van der Waals surface area contributed by atoms with Crippen molar-refractivity contribution < 1.29 is 13.6 Å². The van der Waals surface area contributed by atoms with Crippen LogP contribution in [-0.2, 0) is 4.79 Å². The lowest BCUT2D eigenvalue weighted by atomic mass is 9.93. The summed E-state index contributed by atoms with van der Waals surface area (Å²) in [6.45, 7) is 0.791. The molecule has 1 unspecified atom stereocenters. The minimum absolute atomic E-state index is 0.0181. The fourth-order valence-corrected chi connectivity index (χ4v) is 2.94. The lowest BCUT2D eigenvalue weighted by Gasteiger charge is -2.16. The maximum Gasteiger partial charge on any atom is 0.243 e. The molecule has 1 atom stereocenters. The van der Waals surface area contributed by atoms with E-state index >= 15 is 0 Å². The maximum atomic E-state index is 12.9. The van der Waals surface area contributed by atoms with Gasteiger partial charge in [0.25, 0.3) is 0 Å². The van der Waals surface area contributed by atoms with E-state index in [9.17, 15) is 13.6 Å². The van der Waals surface area contributed by atoms with Crippen molar-refractivity contribution in [3.05, 3.63) is 0 Å². The quantitative estimate of drug-likeness (QED) is 0.553. The Bertz CT molecular complexity index is 294. The SMILES string of the molecule is O=C(CCCCCl)N1CC(C(F)F)C2(CC2)C1. The summed E-state index contributed by atoms with van der Waals surface area (Å²) in [4.78, 5) is 13.5. The first kappa shape index (κ1) is 13.1. The highest BCUT2D eigenvalue weighted by molar-refractivity contribution is 6.17. The summed E-state index contributed by atoms with van der Waals surface area (Å²) in [5.74, 6) is -0.0272. The second-order valence-electron chi connectivity index (χ2n) is 5.22. The Labute approximate surface area is 105 Å². The summed E-state index contributed by atoms with van der Waals surface area (Å²) in [7, 11) is 0. The molecule has 1 aliphatic heterocycles. The first-order valence-electron chi connectivity index (χ1n) is 6.21. The van der Waals surface area contributed by atoms with Gasteiger partial charge in [0.2, 0.25) is 12.3 Å². The maximum absolute atomic E-state index is 12.9. The van der Waals surface area contributed by atoms with Crippen LogP contribution in [-0.4, -0.2) is 36.2 Å². The van der Waals surface area contributed by atoms with Crippen molar-refractivity contribution in [2.45, 2.75) is 38.5 Å². The summed E-state index contributed by atoms with van der Waals surface area (Å²) in [6.07, 6.45) is 1.42. The molecule has 1 aliphatic carbocycles. The third-order valence-electron chi connectivity index (χ3n) is 4.03. The Hall–Kier alpha value is -0.380. The Morgan fingerprint density at radius 1 is 1.41 bits per heavy atom. The molecule has 0 N–H and O–H groups in total. The van der Waals surface area contributed by atoms with Crippen molar-refractivity contribution in [2.24, 2.45) is 11.3 Å². The van der Waals surface area contributed by atoms with Gasteiger partial charge in [-0.1, -0.05) is 0 Å². The van der Waals surface area contributed by atoms with Crippen LogP contribution in [0.25, 0.3) is 0 Å². The Balaban J connectivity index is 1.85. The number of carbonyl (C=O) groups is 1. The number of likely N-dealkylation sites (tertiary alicyclic amines) is 1. The number of alkyl halides is 3. The lowest BCUT2D eigenvalue weighted by Crippen LogP contribution is -2.29. The number of nitrogens with zero attached hydrogens (tertiary/aromatic N) is 1. The van der Waals surface area contributed by atoms with Crippen molar-refractivity contribution in [2.75, 3.05) is 19.0 Å². The summed E-state index contributed by atoms with van der Waals surface area (Å²) in [5.41, 5.74) is -0.240. The standard InChI is InChI=1S/C12H18ClF2NO/c13-6-2-1-3-10(17)16-7-9(11(14)15)12(8-16)4-5-12/h9,11H,1-8H2. The van der Waals surface area contributed by atoms with Crippen LogP contribution in [0, 0.1) is 11.3 Å². The van der Waals surface area contributed by atoms with E-state index in [1.165, 1.54) is 0 Å². The highest BCUT2D eigenvalue weighted by Gasteiger charge is 2.58. The molecule has 1 saturated carbocycles. The zero-order valence-electron chi connectivity index (χ0n) is 9.80. The number of hydrogen-bond donors (Lipinski definition) is 0. The second-order valence-corrected chi connectivity index (χ2v) is 5.60. The lowest BCUT2D eigenvalue weighted by molar-refractivity contribution is -0.130. The molecule has 1 amide bonds. The monoisotopic (exact) mass is 265 g/mol. The minimum Gasteiger partial charge on any atom is -0.342 e. The van der Waals surface area contributed by atoms with Crippen LogP contribution < -0.4 is 0 Å². The van der Waals surface area contributed by atoms with Crippen LogP contribution in [0.3, 0.4) is 0 Å². The molecule has 1 saturated heterocycles. The van der Waals surface area contributed by atoms with Crippen LogP contribution in [0.2, 0.25) is 0 Å². The number of hydrogen-bond acceptors (Lipinski definition) is 1. The number of amides is 1. The van der Waals surface area contributed by atoms with Gasteiger partial charge in [-0.05, 0) is 31.1 Å². The van der Waals surface area contributed by atoms with Gasteiger partial charge >= 0.3 is 0 Å². The van der Waals surface area contributed by atoms with Gasteiger partial charge in [0.05, 0.1) is 0 Å². The first-order chi connectivity index (χ1) is 8.09. The molecule has 2 fully saturated rings. The summed E-state index contributed by atoms with van der Waals surface area (Å²) in [6, 6.07) is 0. The second kappa shape index (κ2) is 5.09. The predicted molar refractivity (Wildman–Crippen MR) is 62.3 cm³/mol. The normalized spacial score (nSPS) is 25.9. The molecule has 5 heteroatoms. The topological polar surface area (TPSA) is 20.3 Å². The van der Waals surface area contributed by atoms with E-state index < -0.39 is 12.3 Å². The summed E-state index contributed by atoms with van der Waals surface area (Å²) in [5, 5.41) is 0. The van der Waals surface area contributed by atoms with Crippen molar-refractivity contribution in [1.82, 2.24) is 4.90 Å². The molecule has 0 bridgehead atoms. The van der Waals surface area contributed by atoms with Gasteiger partial charge in [0, 0.05) is 31.3 Å². The van der Waals surface area contributed by atoms with Gasteiger partial charge in [-0.3, -0.25) is 4.79 Å². The average molecular weight is 266 g/mol. The zero-order valence-corrected chi connectivity index (χ0v) is 10.6. The van der Waals surface area contributed by atoms with Crippen molar-refractivity contribution in [1.29, 1.82) is 0 Å². The van der Waals surface area contributed by atoms with E-state index in [1.54, 1.807) is 4.90 Å². The van der Waals surface area contributed by atoms with E-state index in [0.29, 0.717) is 18.8 Å². The number of unbranched alkanes of at least 4 members (excludes halogenated alkanes) is 1. The Kier molecular flexibility index (Phi) is 3.91. The van der Waals surface area contributed by atoms with E-state index in [1.807, 2.05) is 0 Å². The van der Waals surface area contributed by atoms with E-state index in [0.717, 1.165) is 25.7 Å². The third-order valence-corrected chi connectivity index (χ3v) is 4.30. The minimum atomic E-state index is -2.29. The first-order valence-corrected chi connectivity index (χ1v) is 6.74. The van der Waals surface area contributed by atoms with Crippen LogP contribution in [0.5, 0.6) is 0 Å². The molecule has 0 aromatic carbocycles. The molecule has 98 valence electrons. The molecular formula is C12H18ClF2NO. The molecule has 0 aromatic heterocycles. The van der Waals surface area contributed by atoms with Crippen LogP contribution >= 0.6 is 11.6 Å². The molecule has 2 rings (SSSR count). The fourth-order valence-electron chi connectivity index (χ4n) is 2.75. The van der Waals surface area contributed by atoms with Crippen molar-refractivity contribution in [3.63, 3.8) is 0 Å². The predicted octanol–water partition coefficient (Wildman–Crippen LogP) is 2.90. The molecule has 0 aromatic rings. The van der Waals surface area contributed by atoms with Gasteiger partial charge in [-0.15, -0.1) is 11.6 Å². The number of halogens is 3. The highest BCUT2D eigenvalue weighted by Crippen LogP contribution is 2.58. The highest BCUT2D eigenvalue weighted by atomic mass is 35.5. The number of carbonyl (C=O) groups excluding carboxylic acids is 1. The number of rotatable bonds is 5. The van der Waals surface area contributed by atoms with Gasteiger partial charge in [-0.2, -0.15) is 0 Å². The van der Waals surface area contributed by atoms with Gasteiger partial charge in [-0.25, -0.2) is 8.78 Å². The average Bonchev–Trinajstić information content (AvgIpc) is 2.91. The van der Waals surface area contributed by atoms with Crippen LogP contribution in [0.15, 0.2) is 0 Å². The van der Waals surface area contributed by atoms with Gasteiger partial charge in [0.15, 0.2) is 0 Å². The summed E-state index contributed by atoms with van der Waals surface area (Å²) >= 11 is 5.54. The van der Waals surface area contributed by atoms with E-state index in [2.05, 4.69) is 0 Å².